The molecule has 19 heavy (non-hydrogen) atoms. The fourth-order valence-electron chi connectivity index (χ4n) is 1.76. The summed E-state index contributed by atoms with van der Waals surface area (Å²) in [7, 11) is 0. The highest BCUT2D eigenvalue weighted by Gasteiger charge is 2.11. The van der Waals surface area contributed by atoms with E-state index in [1.165, 1.54) is 12.3 Å². The second-order valence-electron chi connectivity index (χ2n) is 4.24. The van der Waals surface area contributed by atoms with Crippen molar-refractivity contribution in [3.8, 4) is 0 Å². The molecule has 0 saturated heterocycles. The molecule has 106 valence electrons. The Kier molecular flexibility index (Phi) is 6.59. The third-order valence-electron chi connectivity index (χ3n) is 2.94. The van der Waals surface area contributed by atoms with Crippen LogP contribution in [0.5, 0.6) is 0 Å². The van der Waals surface area contributed by atoms with Crippen LogP contribution in [0.4, 0.5) is 5.69 Å². The summed E-state index contributed by atoms with van der Waals surface area (Å²) >= 11 is 5.86. The maximum atomic E-state index is 11.9. The van der Waals surface area contributed by atoms with Gasteiger partial charge < -0.3 is 16.0 Å². The molecule has 6 heteroatoms. The van der Waals surface area contributed by atoms with Gasteiger partial charge in [-0.05, 0) is 32.1 Å². The van der Waals surface area contributed by atoms with E-state index in [-0.39, 0.29) is 11.1 Å². The highest BCUT2D eigenvalue weighted by Crippen LogP contribution is 2.15. The lowest BCUT2D eigenvalue weighted by atomic mass is 10.2. The van der Waals surface area contributed by atoms with E-state index in [9.17, 15) is 4.79 Å². The third-order valence-corrected chi connectivity index (χ3v) is 3.24. The molecule has 0 spiro atoms. The van der Waals surface area contributed by atoms with Gasteiger partial charge in [-0.15, -0.1) is 0 Å². The van der Waals surface area contributed by atoms with E-state index < -0.39 is 0 Å². The van der Waals surface area contributed by atoms with Crippen LogP contribution in [-0.4, -0.2) is 42.0 Å². The Hall–Kier alpha value is -1.33. The van der Waals surface area contributed by atoms with Gasteiger partial charge in [0.25, 0.3) is 5.91 Å². The van der Waals surface area contributed by atoms with Crippen LogP contribution in [0.1, 0.15) is 30.6 Å². The summed E-state index contributed by atoms with van der Waals surface area (Å²) in [6.07, 6.45) is 2.33. The highest BCUT2D eigenvalue weighted by atomic mass is 35.5. The second kappa shape index (κ2) is 7.96. The van der Waals surface area contributed by atoms with E-state index in [1.807, 2.05) is 0 Å². The molecule has 5 nitrogen and oxygen atoms in total. The average Bonchev–Trinajstić information content (AvgIpc) is 2.41. The van der Waals surface area contributed by atoms with Gasteiger partial charge >= 0.3 is 0 Å². The van der Waals surface area contributed by atoms with Crippen LogP contribution < -0.4 is 11.1 Å². The fourth-order valence-corrected chi connectivity index (χ4v) is 1.95. The summed E-state index contributed by atoms with van der Waals surface area (Å²) in [6.45, 7) is 7.88. The van der Waals surface area contributed by atoms with Crippen LogP contribution in [0, 0.1) is 0 Å². The predicted molar refractivity (Wildman–Crippen MR) is 78.4 cm³/mol. The van der Waals surface area contributed by atoms with Crippen molar-refractivity contribution in [2.45, 2.75) is 20.3 Å². The van der Waals surface area contributed by atoms with Gasteiger partial charge in [-0.3, -0.25) is 4.79 Å². The van der Waals surface area contributed by atoms with E-state index in [2.05, 4.69) is 29.0 Å². The molecule has 0 aliphatic heterocycles. The lowest BCUT2D eigenvalue weighted by Crippen LogP contribution is -2.30. The number of pyridine rings is 1. The Balaban J connectivity index is 2.41. The molecule has 0 aromatic carbocycles. The minimum atomic E-state index is -0.232. The topological polar surface area (TPSA) is 71.2 Å². The number of halogens is 1. The zero-order chi connectivity index (χ0) is 14.3. The molecular formula is C13H21ClN4O. The first-order valence-electron chi connectivity index (χ1n) is 6.50. The van der Waals surface area contributed by atoms with Gasteiger partial charge in [0.1, 0.15) is 5.15 Å². The minimum absolute atomic E-state index is 0.176. The summed E-state index contributed by atoms with van der Waals surface area (Å²) in [4.78, 5) is 18.1. The number of carbonyl (C=O) groups excluding carboxylic acids is 1. The normalized spacial score (nSPS) is 10.7. The zero-order valence-electron chi connectivity index (χ0n) is 11.4. The number of amides is 1. The molecule has 0 bridgehead atoms. The van der Waals surface area contributed by atoms with Crippen molar-refractivity contribution in [1.82, 2.24) is 15.2 Å². The molecule has 3 N–H and O–H groups in total. The number of hydrogen-bond donors (Lipinski definition) is 2. The minimum Gasteiger partial charge on any atom is -0.397 e. The van der Waals surface area contributed by atoms with Gasteiger partial charge in [0.05, 0.1) is 17.4 Å². The van der Waals surface area contributed by atoms with Crippen molar-refractivity contribution in [3.05, 3.63) is 23.0 Å². The number of nitrogens with one attached hydrogen (secondary N) is 1. The molecule has 0 aliphatic rings. The molecule has 0 saturated carbocycles. The van der Waals surface area contributed by atoms with Gasteiger partial charge in [-0.2, -0.15) is 0 Å². The first-order valence-corrected chi connectivity index (χ1v) is 6.87. The maximum Gasteiger partial charge on any atom is 0.254 e. The van der Waals surface area contributed by atoms with Gasteiger partial charge in [-0.1, -0.05) is 25.4 Å². The van der Waals surface area contributed by atoms with Gasteiger partial charge in [-0.25, -0.2) is 4.98 Å². The Morgan fingerprint density at radius 2 is 2.16 bits per heavy atom. The van der Waals surface area contributed by atoms with Crippen molar-refractivity contribution in [3.63, 3.8) is 0 Å². The number of carbonyl (C=O) groups is 1. The van der Waals surface area contributed by atoms with Gasteiger partial charge in [0.15, 0.2) is 0 Å². The lowest BCUT2D eigenvalue weighted by molar-refractivity contribution is 0.0951. The predicted octanol–water partition coefficient (Wildman–Crippen LogP) is 1.78. The molecule has 0 fully saturated rings. The molecule has 0 radical (unpaired) electrons. The molecule has 0 atom stereocenters. The molecule has 1 aromatic heterocycles. The monoisotopic (exact) mass is 284 g/mol. The largest absolute Gasteiger partial charge is 0.397 e. The second-order valence-corrected chi connectivity index (χ2v) is 4.60. The molecule has 1 amide bonds. The van der Waals surface area contributed by atoms with Crippen LogP contribution in [0.2, 0.25) is 5.15 Å². The standard InChI is InChI=1S/C13H21ClN4O/c1-3-18(4-2)7-5-6-16-13(19)11-8-10(15)9-17-12(11)14/h8-9H,3-7,15H2,1-2H3,(H,16,19). The Bertz CT molecular complexity index is 421. The SMILES string of the molecule is CCN(CC)CCCNC(=O)c1cc(N)cnc1Cl. The zero-order valence-corrected chi connectivity index (χ0v) is 12.2. The smallest absolute Gasteiger partial charge is 0.254 e. The first-order chi connectivity index (χ1) is 9.08. The fraction of sp³-hybridized carbons (Fsp3) is 0.538. The molecule has 1 heterocycles. The highest BCUT2D eigenvalue weighted by molar-refractivity contribution is 6.32. The summed E-state index contributed by atoms with van der Waals surface area (Å²) < 4.78 is 0. The van der Waals surface area contributed by atoms with E-state index in [4.69, 9.17) is 17.3 Å². The molecule has 1 rings (SSSR count). The molecule has 1 aromatic rings. The number of nitrogens with zero attached hydrogens (tertiary/aromatic N) is 2. The van der Waals surface area contributed by atoms with E-state index in [0.29, 0.717) is 17.8 Å². The van der Waals surface area contributed by atoms with Crippen LogP contribution >= 0.6 is 11.6 Å². The van der Waals surface area contributed by atoms with Crippen LogP contribution in [-0.2, 0) is 0 Å². The summed E-state index contributed by atoms with van der Waals surface area (Å²) in [6, 6.07) is 1.54. The van der Waals surface area contributed by atoms with E-state index in [0.717, 1.165) is 26.1 Å². The van der Waals surface area contributed by atoms with Crippen LogP contribution in [0.25, 0.3) is 0 Å². The average molecular weight is 285 g/mol. The van der Waals surface area contributed by atoms with Crippen LogP contribution in [0.3, 0.4) is 0 Å². The maximum absolute atomic E-state index is 11.9. The number of nitrogens with two attached hydrogens (primary N) is 1. The van der Waals surface area contributed by atoms with Crippen molar-refractivity contribution in [2.24, 2.45) is 0 Å². The van der Waals surface area contributed by atoms with Crippen molar-refractivity contribution < 1.29 is 4.79 Å². The summed E-state index contributed by atoms with van der Waals surface area (Å²) in [5, 5.41) is 3.00. The summed E-state index contributed by atoms with van der Waals surface area (Å²) in [5.74, 6) is -0.232. The van der Waals surface area contributed by atoms with E-state index in [1.54, 1.807) is 0 Å². The van der Waals surface area contributed by atoms with Crippen LogP contribution in [0.15, 0.2) is 12.3 Å². The number of aromatic nitrogens is 1. The number of anilines is 1. The van der Waals surface area contributed by atoms with E-state index >= 15 is 0 Å². The van der Waals surface area contributed by atoms with Crippen molar-refractivity contribution in [1.29, 1.82) is 0 Å². The Morgan fingerprint density at radius 3 is 2.79 bits per heavy atom. The third kappa shape index (κ3) is 5.04. The first kappa shape index (κ1) is 15.7. The molecule has 0 unspecified atom stereocenters. The lowest BCUT2D eigenvalue weighted by Gasteiger charge is -2.17. The summed E-state index contributed by atoms with van der Waals surface area (Å²) in [5.41, 5.74) is 6.34. The van der Waals surface area contributed by atoms with Crippen molar-refractivity contribution >= 4 is 23.2 Å². The number of hydrogen-bond acceptors (Lipinski definition) is 4. The number of rotatable bonds is 7. The molecule has 0 aliphatic carbocycles. The number of nitrogen functional groups attached to an aromatic ring is 1. The molecular weight excluding hydrogens is 264 g/mol. The quantitative estimate of drug-likeness (QED) is 0.591. The van der Waals surface area contributed by atoms with Gasteiger partial charge in [0.2, 0.25) is 0 Å². The van der Waals surface area contributed by atoms with Gasteiger partial charge in [0, 0.05) is 6.54 Å². The Labute approximate surface area is 119 Å². The Morgan fingerprint density at radius 1 is 1.47 bits per heavy atom. The van der Waals surface area contributed by atoms with Crippen molar-refractivity contribution in [2.75, 3.05) is 31.9 Å².